The van der Waals surface area contributed by atoms with Gasteiger partial charge in [0.15, 0.2) is 5.82 Å². The topological polar surface area (TPSA) is 51.6 Å². The van der Waals surface area contributed by atoms with Gasteiger partial charge in [-0.3, -0.25) is 4.98 Å². The number of pyridine rings is 2. The van der Waals surface area contributed by atoms with Crippen LogP contribution in [-0.2, 0) is 0 Å². The molecule has 1 aliphatic carbocycles. The van der Waals surface area contributed by atoms with Gasteiger partial charge in [-0.2, -0.15) is 0 Å². The fourth-order valence-corrected chi connectivity index (χ4v) is 6.67. The zero-order chi connectivity index (χ0) is 33.3. The van der Waals surface area contributed by atoms with Gasteiger partial charge < -0.3 is 0 Å². The van der Waals surface area contributed by atoms with Crippen LogP contribution in [0.1, 0.15) is 18.4 Å². The fraction of sp³-hybridized carbons (Fsp3) is 0.0435. The summed E-state index contributed by atoms with van der Waals surface area (Å²) < 4.78 is 0. The summed E-state index contributed by atoms with van der Waals surface area (Å²) in [6.07, 6.45) is 10.8. The first-order chi connectivity index (χ1) is 24.7. The van der Waals surface area contributed by atoms with Crippen molar-refractivity contribution in [1.82, 2.24) is 19.9 Å². The van der Waals surface area contributed by atoms with Gasteiger partial charge in [0.05, 0.1) is 28.1 Å². The predicted molar refractivity (Wildman–Crippen MR) is 206 cm³/mol. The minimum atomic E-state index is 0.680. The second-order valence-electron chi connectivity index (χ2n) is 12.6. The van der Waals surface area contributed by atoms with E-state index in [2.05, 4.69) is 157 Å². The highest BCUT2D eigenvalue weighted by molar-refractivity contribution is 6.03. The molecule has 0 atom stereocenters. The van der Waals surface area contributed by atoms with Gasteiger partial charge in [0.25, 0.3) is 0 Å². The maximum Gasteiger partial charge on any atom is 0.160 e. The molecule has 0 saturated carbocycles. The molecule has 0 fully saturated rings. The molecule has 1 aliphatic rings. The molecular weight excluding hydrogens is 609 g/mol. The number of aromatic nitrogens is 4. The third-order valence-corrected chi connectivity index (χ3v) is 9.39. The molecular formula is C46H32N4. The van der Waals surface area contributed by atoms with Gasteiger partial charge in [-0.1, -0.05) is 146 Å². The molecule has 3 aromatic heterocycles. The molecule has 236 valence electrons. The van der Waals surface area contributed by atoms with Crippen LogP contribution in [0.3, 0.4) is 0 Å². The standard InChI is InChI=1S/C46H32N4/c1-3-8-31(9-4-1)33-13-17-36(18-14-33)42-30-43(37-19-15-34(16-20-37)32-10-5-2-6-11-32)50-46(49-42)40-25-21-35(22-26-40)41-28-27-39-24-23-38-12-7-29-47-44(38)45(39)48-41/h1,3-5,7-30H,2,6H2. The third-order valence-electron chi connectivity index (χ3n) is 9.39. The van der Waals surface area contributed by atoms with Crippen LogP contribution in [0.15, 0.2) is 170 Å². The van der Waals surface area contributed by atoms with E-state index in [-0.39, 0.29) is 0 Å². The van der Waals surface area contributed by atoms with Crippen LogP contribution < -0.4 is 0 Å². The molecule has 0 aliphatic heterocycles. The summed E-state index contributed by atoms with van der Waals surface area (Å²) in [5.41, 5.74) is 13.4. The van der Waals surface area contributed by atoms with Crippen molar-refractivity contribution in [3.05, 3.63) is 176 Å². The van der Waals surface area contributed by atoms with Crippen molar-refractivity contribution >= 4 is 27.4 Å². The molecule has 8 aromatic rings. The number of nitrogens with zero attached hydrogens (tertiary/aromatic N) is 4. The minimum absolute atomic E-state index is 0.680. The number of hydrogen-bond donors (Lipinski definition) is 0. The molecule has 0 radical (unpaired) electrons. The molecule has 0 amide bonds. The van der Waals surface area contributed by atoms with E-state index < -0.39 is 0 Å². The quantitative estimate of drug-likeness (QED) is 0.170. The second kappa shape index (κ2) is 12.8. The Labute approximate surface area is 291 Å². The first-order valence-electron chi connectivity index (χ1n) is 17.0. The molecule has 4 heteroatoms. The molecule has 3 heterocycles. The number of rotatable bonds is 6. The molecule has 5 aromatic carbocycles. The third kappa shape index (κ3) is 5.78. The summed E-state index contributed by atoms with van der Waals surface area (Å²) in [6.45, 7) is 0. The van der Waals surface area contributed by atoms with Crippen molar-refractivity contribution in [2.75, 3.05) is 0 Å². The van der Waals surface area contributed by atoms with Gasteiger partial charge in [-0.25, -0.2) is 15.0 Å². The lowest BCUT2D eigenvalue weighted by molar-refractivity contribution is 1.04. The molecule has 0 spiro atoms. The van der Waals surface area contributed by atoms with Gasteiger partial charge >= 0.3 is 0 Å². The Morgan fingerprint density at radius 2 is 0.980 bits per heavy atom. The Bertz CT molecular complexity index is 2550. The largest absolute Gasteiger partial charge is 0.254 e. The molecule has 0 bridgehead atoms. The van der Waals surface area contributed by atoms with Crippen molar-refractivity contribution in [3.8, 4) is 56.3 Å². The van der Waals surface area contributed by atoms with E-state index in [1.54, 1.807) is 0 Å². The summed E-state index contributed by atoms with van der Waals surface area (Å²) in [4.78, 5) is 19.9. The number of fused-ring (bicyclic) bond motifs is 3. The lowest BCUT2D eigenvalue weighted by Gasteiger charge is -2.12. The zero-order valence-electron chi connectivity index (χ0n) is 27.4. The van der Waals surface area contributed by atoms with E-state index in [0.717, 1.165) is 74.0 Å². The Kier molecular flexibility index (Phi) is 7.60. The molecule has 0 saturated heterocycles. The minimum Gasteiger partial charge on any atom is -0.254 e. The molecule has 4 nitrogen and oxygen atoms in total. The van der Waals surface area contributed by atoms with Crippen molar-refractivity contribution in [2.45, 2.75) is 12.8 Å². The lowest BCUT2D eigenvalue weighted by Crippen LogP contribution is -1.96. The van der Waals surface area contributed by atoms with E-state index in [1.807, 2.05) is 18.3 Å². The summed E-state index contributed by atoms with van der Waals surface area (Å²) in [5, 5.41) is 2.16. The van der Waals surface area contributed by atoms with Gasteiger partial charge in [0, 0.05) is 39.2 Å². The average Bonchev–Trinajstić information content (AvgIpc) is 3.21. The molecule has 9 rings (SSSR count). The maximum absolute atomic E-state index is 5.12. The second-order valence-corrected chi connectivity index (χ2v) is 12.6. The first-order valence-corrected chi connectivity index (χ1v) is 17.0. The number of benzene rings is 5. The van der Waals surface area contributed by atoms with E-state index in [4.69, 9.17) is 15.0 Å². The van der Waals surface area contributed by atoms with Crippen LogP contribution in [0.5, 0.6) is 0 Å². The number of allylic oxidation sites excluding steroid dienone is 4. The Hall–Kier alpha value is -6.52. The molecule has 50 heavy (non-hydrogen) atoms. The Balaban J connectivity index is 1.10. The summed E-state index contributed by atoms with van der Waals surface area (Å²) in [5.74, 6) is 0.680. The van der Waals surface area contributed by atoms with E-state index >= 15 is 0 Å². The van der Waals surface area contributed by atoms with Crippen molar-refractivity contribution in [2.24, 2.45) is 0 Å². The van der Waals surface area contributed by atoms with Crippen molar-refractivity contribution in [3.63, 3.8) is 0 Å². The molecule has 0 N–H and O–H groups in total. The smallest absolute Gasteiger partial charge is 0.160 e. The highest BCUT2D eigenvalue weighted by atomic mass is 14.9. The van der Waals surface area contributed by atoms with Crippen molar-refractivity contribution in [1.29, 1.82) is 0 Å². The normalized spacial score (nSPS) is 12.7. The fourth-order valence-electron chi connectivity index (χ4n) is 6.67. The van der Waals surface area contributed by atoms with Crippen molar-refractivity contribution < 1.29 is 0 Å². The van der Waals surface area contributed by atoms with Gasteiger partial charge in [-0.15, -0.1) is 0 Å². The summed E-state index contributed by atoms with van der Waals surface area (Å²) in [6, 6.07) is 50.7. The number of hydrogen-bond acceptors (Lipinski definition) is 4. The van der Waals surface area contributed by atoms with E-state index in [1.165, 1.54) is 22.3 Å². The van der Waals surface area contributed by atoms with Gasteiger partial charge in [-0.05, 0) is 53.3 Å². The van der Waals surface area contributed by atoms with E-state index in [0.29, 0.717) is 5.82 Å². The first kappa shape index (κ1) is 29.6. The monoisotopic (exact) mass is 640 g/mol. The summed E-state index contributed by atoms with van der Waals surface area (Å²) >= 11 is 0. The predicted octanol–water partition coefficient (Wildman–Crippen LogP) is 11.6. The van der Waals surface area contributed by atoms with Crippen LogP contribution in [-0.4, -0.2) is 19.9 Å². The van der Waals surface area contributed by atoms with Crippen LogP contribution in [0.25, 0.3) is 83.7 Å². The van der Waals surface area contributed by atoms with Gasteiger partial charge in [0.2, 0.25) is 0 Å². The van der Waals surface area contributed by atoms with Crippen LogP contribution in [0, 0.1) is 0 Å². The van der Waals surface area contributed by atoms with Crippen LogP contribution in [0.2, 0.25) is 0 Å². The highest BCUT2D eigenvalue weighted by Crippen LogP contribution is 2.32. The Morgan fingerprint density at radius 1 is 0.400 bits per heavy atom. The zero-order valence-corrected chi connectivity index (χ0v) is 27.4. The lowest BCUT2D eigenvalue weighted by atomic mass is 9.97. The average molecular weight is 641 g/mol. The SMILES string of the molecule is C1=CC(c2ccc(-c3cc(-c4ccc(-c5ccccc5)cc4)nc(-c4ccc(-c5ccc6ccc7cccnc7c6n5)cc4)n3)cc2)=CCC1. The van der Waals surface area contributed by atoms with Crippen LogP contribution >= 0.6 is 0 Å². The maximum atomic E-state index is 5.12. The van der Waals surface area contributed by atoms with E-state index in [9.17, 15) is 0 Å². The molecule has 0 unspecified atom stereocenters. The Morgan fingerprint density at radius 3 is 1.66 bits per heavy atom. The van der Waals surface area contributed by atoms with Crippen LogP contribution in [0.4, 0.5) is 0 Å². The van der Waals surface area contributed by atoms with Gasteiger partial charge in [0.1, 0.15) is 0 Å². The summed E-state index contributed by atoms with van der Waals surface area (Å²) in [7, 11) is 0. The highest BCUT2D eigenvalue weighted by Gasteiger charge is 2.13.